The molecule has 7 heavy (non-hydrogen) atoms. The Hall–Kier alpha value is -0.500. The standard InChI is InChI=1S/C5H9O2/c1-5(7-2)3-4-6/h3H,4H2,1-2H3. The van der Waals surface area contributed by atoms with E-state index in [1.807, 2.05) is 0 Å². The van der Waals surface area contributed by atoms with E-state index in [4.69, 9.17) is 0 Å². The summed E-state index contributed by atoms with van der Waals surface area (Å²) in [6.45, 7) is 1.55. The van der Waals surface area contributed by atoms with Crippen LogP contribution in [0, 0.1) is 0 Å². The minimum atomic E-state index is -0.195. The summed E-state index contributed by atoms with van der Waals surface area (Å²) in [5.74, 6) is 0.690. The predicted octanol–water partition coefficient (Wildman–Crippen LogP) is 0.967. The minimum absolute atomic E-state index is 0.195. The Bertz CT molecular complexity index is 66.5. The van der Waals surface area contributed by atoms with E-state index in [1.54, 1.807) is 14.0 Å². The first-order valence-corrected chi connectivity index (χ1v) is 2.10. The van der Waals surface area contributed by atoms with Crippen molar-refractivity contribution < 1.29 is 9.84 Å². The van der Waals surface area contributed by atoms with E-state index in [2.05, 4.69) is 4.74 Å². The van der Waals surface area contributed by atoms with Gasteiger partial charge in [0.05, 0.1) is 12.9 Å². The summed E-state index contributed by atoms with van der Waals surface area (Å²) in [6, 6.07) is 0. The lowest BCUT2D eigenvalue weighted by Crippen LogP contribution is -1.80. The normalized spacial score (nSPS) is 11.6. The van der Waals surface area contributed by atoms with E-state index < -0.39 is 0 Å². The van der Waals surface area contributed by atoms with Gasteiger partial charge in [0.1, 0.15) is 6.61 Å². The van der Waals surface area contributed by atoms with Gasteiger partial charge in [-0.2, -0.15) is 0 Å². The molecule has 0 rings (SSSR count). The van der Waals surface area contributed by atoms with E-state index in [-0.39, 0.29) is 6.61 Å². The third-order valence-electron chi connectivity index (χ3n) is 0.693. The van der Waals surface area contributed by atoms with Crippen LogP contribution in [0.1, 0.15) is 6.92 Å². The first-order chi connectivity index (χ1) is 3.31. The molecule has 0 amide bonds. The van der Waals surface area contributed by atoms with Gasteiger partial charge in [-0.25, -0.2) is 5.11 Å². The minimum Gasteiger partial charge on any atom is -0.502 e. The molecule has 0 saturated heterocycles. The average molecular weight is 101 g/mol. The summed E-state index contributed by atoms with van der Waals surface area (Å²) in [5, 5.41) is 9.74. The van der Waals surface area contributed by atoms with Gasteiger partial charge in [0, 0.05) is 0 Å². The quantitative estimate of drug-likeness (QED) is 0.476. The molecule has 0 saturated carbocycles. The SMILES string of the molecule is COC(C)=CC[O]. The lowest BCUT2D eigenvalue weighted by molar-refractivity contribution is 0.221. The first kappa shape index (κ1) is 6.50. The van der Waals surface area contributed by atoms with E-state index in [0.29, 0.717) is 5.76 Å². The van der Waals surface area contributed by atoms with Gasteiger partial charge in [-0.15, -0.1) is 0 Å². The lowest BCUT2D eigenvalue weighted by atomic mass is 10.5. The number of ether oxygens (including phenoxy) is 1. The lowest BCUT2D eigenvalue weighted by Gasteiger charge is -1.92. The van der Waals surface area contributed by atoms with Crippen LogP contribution in [0.4, 0.5) is 0 Å². The van der Waals surface area contributed by atoms with Gasteiger partial charge < -0.3 is 4.74 Å². The molecule has 0 N–H and O–H groups in total. The second-order valence-electron chi connectivity index (χ2n) is 1.19. The summed E-state index contributed by atoms with van der Waals surface area (Å²) in [7, 11) is 1.54. The van der Waals surface area contributed by atoms with Gasteiger partial charge in [0.15, 0.2) is 0 Å². The van der Waals surface area contributed by atoms with Crippen LogP contribution in [0.25, 0.3) is 0 Å². The summed E-state index contributed by atoms with van der Waals surface area (Å²) < 4.78 is 4.65. The number of rotatable bonds is 2. The zero-order valence-corrected chi connectivity index (χ0v) is 4.60. The fourth-order valence-electron chi connectivity index (χ4n) is 0.201. The summed E-state index contributed by atoms with van der Waals surface area (Å²) in [5.41, 5.74) is 0. The Balaban J connectivity index is 3.29. The first-order valence-electron chi connectivity index (χ1n) is 2.10. The monoisotopic (exact) mass is 101 g/mol. The van der Waals surface area contributed by atoms with Crippen molar-refractivity contribution in [3.8, 4) is 0 Å². The molecule has 0 heterocycles. The summed E-state index contributed by atoms with van der Waals surface area (Å²) >= 11 is 0. The van der Waals surface area contributed by atoms with Gasteiger partial charge >= 0.3 is 0 Å². The average Bonchev–Trinajstić information content (AvgIpc) is 1.68. The van der Waals surface area contributed by atoms with Crippen LogP contribution in [0.3, 0.4) is 0 Å². The highest BCUT2D eigenvalue weighted by Gasteiger charge is 1.78. The Morgan fingerprint density at radius 3 is 2.57 bits per heavy atom. The Morgan fingerprint density at radius 2 is 2.43 bits per heavy atom. The highest BCUT2D eigenvalue weighted by molar-refractivity contribution is 4.86. The van der Waals surface area contributed by atoms with Gasteiger partial charge in [-0.1, -0.05) is 0 Å². The number of allylic oxidation sites excluding steroid dienone is 1. The van der Waals surface area contributed by atoms with Crippen LogP contribution in [0.2, 0.25) is 0 Å². The van der Waals surface area contributed by atoms with Crippen LogP contribution in [0.15, 0.2) is 11.8 Å². The van der Waals surface area contributed by atoms with Crippen molar-refractivity contribution in [3.63, 3.8) is 0 Å². The van der Waals surface area contributed by atoms with Crippen LogP contribution < -0.4 is 0 Å². The van der Waals surface area contributed by atoms with Crippen molar-refractivity contribution in [2.45, 2.75) is 6.92 Å². The van der Waals surface area contributed by atoms with Crippen LogP contribution in [0.5, 0.6) is 0 Å². The van der Waals surface area contributed by atoms with Gasteiger partial charge in [-0.3, -0.25) is 0 Å². The Morgan fingerprint density at radius 1 is 1.86 bits per heavy atom. The van der Waals surface area contributed by atoms with Crippen molar-refractivity contribution in [1.29, 1.82) is 0 Å². The molecule has 0 atom stereocenters. The number of hydrogen-bond acceptors (Lipinski definition) is 1. The summed E-state index contributed by atoms with van der Waals surface area (Å²) in [4.78, 5) is 0. The van der Waals surface area contributed by atoms with Gasteiger partial charge in [0.25, 0.3) is 0 Å². The molecule has 2 heteroatoms. The van der Waals surface area contributed by atoms with E-state index in [9.17, 15) is 5.11 Å². The molecule has 0 aliphatic rings. The maximum absolute atomic E-state index is 9.74. The van der Waals surface area contributed by atoms with Crippen molar-refractivity contribution in [3.05, 3.63) is 11.8 Å². The molecule has 0 bridgehead atoms. The fraction of sp³-hybridized carbons (Fsp3) is 0.600. The second kappa shape index (κ2) is 3.68. The van der Waals surface area contributed by atoms with Crippen molar-refractivity contribution >= 4 is 0 Å². The maximum atomic E-state index is 9.74. The highest BCUT2D eigenvalue weighted by atomic mass is 16.5. The molecule has 0 aliphatic carbocycles. The fourth-order valence-corrected chi connectivity index (χ4v) is 0.201. The number of hydrogen-bond donors (Lipinski definition) is 0. The third kappa shape index (κ3) is 3.33. The van der Waals surface area contributed by atoms with Crippen molar-refractivity contribution in [1.82, 2.24) is 0 Å². The molecular weight excluding hydrogens is 92.1 g/mol. The maximum Gasteiger partial charge on any atom is 0.104 e. The molecule has 0 aromatic heterocycles. The van der Waals surface area contributed by atoms with Crippen LogP contribution in [-0.4, -0.2) is 13.7 Å². The zero-order chi connectivity index (χ0) is 5.70. The molecule has 0 fully saturated rings. The second-order valence-corrected chi connectivity index (χ2v) is 1.19. The molecule has 41 valence electrons. The molecule has 0 aromatic rings. The molecule has 2 nitrogen and oxygen atoms in total. The molecule has 1 radical (unpaired) electrons. The van der Waals surface area contributed by atoms with Crippen LogP contribution in [-0.2, 0) is 9.84 Å². The van der Waals surface area contributed by atoms with Crippen molar-refractivity contribution in [2.75, 3.05) is 13.7 Å². The molecule has 0 spiro atoms. The highest BCUT2D eigenvalue weighted by Crippen LogP contribution is 1.88. The molecule has 0 aromatic carbocycles. The molecular formula is C5H9O2. The summed E-state index contributed by atoms with van der Waals surface area (Å²) in [6.07, 6.45) is 1.49. The van der Waals surface area contributed by atoms with E-state index >= 15 is 0 Å². The molecule has 0 aliphatic heterocycles. The van der Waals surface area contributed by atoms with Crippen molar-refractivity contribution in [2.24, 2.45) is 0 Å². The topological polar surface area (TPSA) is 29.1 Å². The Labute approximate surface area is 43.4 Å². The molecule has 0 unspecified atom stereocenters. The largest absolute Gasteiger partial charge is 0.502 e. The predicted molar refractivity (Wildman–Crippen MR) is 26.3 cm³/mol. The zero-order valence-electron chi connectivity index (χ0n) is 4.60. The number of methoxy groups -OCH3 is 1. The van der Waals surface area contributed by atoms with Gasteiger partial charge in [-0.05, 0) is 13.0 Å². The Kier molecular flexibility index (Phi) is 3.42. The van der Waals surface area contributed by atoms with Crippen LogP contribution >= 0.6 is 0 Å². The van der Waals surface area contributed by atoms with E-state index in [1.165, 1.54) is 6.08 Å². The van der Waals surface area contributed by atoms with Gasteiger partial charge in [0.2, 0.25) is 0 Å². The third-order valence-corrected chi connectivity index (χ3v) is 0.693. The van der Waals surface area contributed by atoms with E-state index in [0.717, 1.165) is 0 Å². The smallest absolute Gasteiger partial charge is 0.104 e.